The van der Waals surface area contributed by atoms with E-state index in [1.54, 1.807) is 5.53 Å². The van der Waals surface area contributed by atoms with E-state index in [2.05, 4.69) is 10.9 Å². The van der Waals surface area contributed by atoms with Gasteiger partial charge in [0.15, 0.2) is 0 Å². The van der Waals surface area contributed by atoms with Crippen molar-refractivity contribution in [3.05, 3.63) is 12.4 Å². The molecule has 0 aliphatic carbocycles. The van der Waals surface area contributed by atoms with Crippen molar-refractivity contribution in [3.8, 4) is 0 Å². The van der Waals surface area contributed by atoms with Crippen LogP contribution in [0.3, 0.4) is 0 Å². The number of rotatable bonds is 0. The van der Waals surface area contributed by atoms with E-state index in [1.165, 1.54) is 0 Å². The molecular formula is C2H6N3+. The van der Waals surface area contributed by atoms with Crippen molar-refractivity contribution < 1.29 is 5.53 Å². The molecule has 1 aliphatic rings. The Morgan fingerprint density at radius 2 is 1.80 bits per heavy atom. The van der Waals surface area contributed by atoms with Crippen LogP contribution in [-0.4, -0.2) is 0 Å². The van der Waals surface area contributed by atoms with E-state index in [1.807, 2.05) is 12.4 Å². The van der Waals surface area contributed by atoms with E-state index >= 15 is 0 Å². The fourth-order valence-corrected chi connectivity index (χ4v) is 0.241. The Bertz CT molecular complexity index is 42.9. The molecule has 28 valence electrons. The van der Waals surface area contributed by atoms with Gasteiger partial charge in [-0.3, -0.25) is 0 Å². The van der Waals surface area contributed by atoms with Crippen molar-refractivity contribution in [2.45, 2.75) is 0 Å². The fraction of sp³-hybridized carbons (Fsp3) is 0. The van der Waals surface area contributed by atoms with E-state index < -0.39 is 0 Å². The van der Waals surface area contributed by atoms with E-state index in [4.69, 9.17) is 0 Å². The highest BCUT2D eigenvalue weighted by Gasteiger charge is 1.80. The molecule has 3 heteroatoms. The molecule has 1 aliphatic heterocycles. The average Bonchev–Trinajstić information content (AvgIpc) is 1.76. The summed E-state index contributed by atoms with van der Waals surface area (Å²) in [6, 6.07) is 0. The van der Waals surface area contributed by atoms with Crippen molar-refractivity contribution in [2.75, 3.05) is 0 Å². The minimum absolute atomic E-state index is 1.75. The number of hydrogen-bond acceptors (Lipinski definition) is 2. The van der Waals surface area contributed by atoms with E-state index in [9.17, 15) is 0 Å². The summed E-state index contributed by atoms with van der Waals surface area (Å²) in [4.78, 5) is 0. The van der Waals surface area contributed by atoms with Gasteiger partial charge in [0.25, 0.3) is 0 Å². The lowest BCUT2D eigenvalue weighted by molar-refractivity contribution is -0.738. The van der Waals surface area contributed by atoms with Crippen LogP contribution in [0.25, 0.3) is 0 Å². The monoisotopic (exact) mass is 72.1 g/mol. The zero-order valence-electron chi connectivity index (χ0n) is 2.73. The molecule has 0 aromatic rings. The Hall–Kier alpha value is -0.700. The van der Waals surface area contributed by atoms with Gasteiger partial charge >= 0.3 is 0 Å². The molecule has 4 N–H and O–H groups in total. The topological polar surface area (TPSA) is 40.7 Å². The van der Waals surface area contributed by atoms with Crippen LogP contribution >= 0.6 is 0 Å². The SMILES string of the molecule is C1=CN[NH2+]N1. The first-order chi connectivity index (χ1) is 2.50. The van der Waals surface area contributed by atoms with Crippen LogP contribution in [0.5, 0.6) is 0 Å². The first kappa shape index (κ1) is 2.53. The van der Waals surface area contributed by atoms with Gasteiger partial charge in [-0.15, -0.1) is 0 Å². The Morgan fingerprint density at radius 3 is 2.00 bits per heavy atom. The Kier molecular flexibility index (Phi) is 0.478. The maximum absolute atomic E-state index is 2.81. The lowest BCUT2D eigenvalue weighted by Gasteiger charge is -1.81. The summed E-state index contributed by atoms with van der Waals surface area (Å²) < 4.78 is 0. The van der Waals surface area contributed by atoms with Crippen molar-refractivity contribution in [1.82, 2.24) is 10.9 Å². The number of hydrogen-bond donors (Lipinski definition) is 3. The molecule has 0 radical (unpaired) electrons. The van der Waals surface area contributed by atoms with E-state index in [0.717, 1.165) is 0 Å². The summed E-state index contributed by atoms with van der Waals surface area (Å²) in [6.07, 6.45) is 3.64. The second-order valence-corrected chi connectivity index (χ2v) is 0.811. The minimum atomic E-state index is 1.75. The molecule has 0 unspecified atom stereocenters. The summed E-state index contributed by atoms with van der Waals surface area (Å²) in [5.74, 6) is 0. The highest BCUT2D eigenvalue weighted by molar-refractivity contribution is 4.70. The molecule has 1 heterocycles. The van der Waals surface area contributed by atoms with E-state index in [0.29, 0.717) is 0 Å². The summed E-state index contributed by atoms with van der Waals surface area (Å²) in [5, 5.41) is 0. The second kappa shape index (κ2) is 0.944. The third kappa shape index (κ3) is 0.302. The molecule has 0 aromatic heterocycles. The van der Waals surface area contributed by atoms with Crippen LogP contribution in [0.4, 0.5) is 0 Å². The molecule has 3 nitrogen and oxygen atoms in total. The first-order valence-corrected chi connectivity index (χ1v) is 1.49. The minimum Gasteiger partial charge on any atom is -0.221 e. The summed E-state index contributed by atoms with van der Waals surface area (Å²) in [5.41, 5.74) is 7.36. The molecule has 0 bridgehead atoms. The second-order valence-electron chi connectivity index (χ2n) is 0.811. The number of quaternary nitrogens is 1. The Morgan fingerprint density at radius 1 is 1.20 bits per heavy atom. The van der Waals surface area contributed by atoms with Crippen LogP contribution in [0.15, 0.2) is 12.4 Å². The smallest absolute Gasteiger partial charge is 0.0724 e. The van der Waals surface area contributed by atoms with Gasteiger partial charge in [0.05, 0.1) is 12.4 Å². The molecule has 0 fully saturated rings. The quantitative estimate of drug-likeness (QED) is 0.291. The van der Waals surface area contributed by atoms with Crippen molar-refractivity contribution in [1.29, 1.82) is 0 Å². The molecule has 0 spiro atoms. The largest absolute Gasteiger partial charge is 0.221 e. The van der Waals surface area contributed by atoms with Crippen LogP contribution < -0.4 is 16.4 Å². The third-order valence-electron chi connectivity index (χ3n) is 0.442. The third-order valence-corrected chi connectivity index (χ3v) is 0.442. The molecule has 0 saturated carbocycles. The summed E-state index contributed by atoms with van der Waals surface area (Å²) >= 11 is 0. The predicted octanol–water partition coefficient (Wildman–Crippen LogP) is -1.96. The highest BCUT2D eigenvalue weighted by atomic mass is 15.6. The van der Waals surface area contributed by atoms with E-state index in [-0.39, 0.29) is 0 Å². The van der Waals surface area contributed by atoms with Gasteiger partial charge < -0.3 is 0 Å². The highest BCUT2D eigenvalue weighted by Crippen LogP contribution is 1.48. The molecule has 0 atom stereocenters. The van der Waals surface area contributed by atoms with Gasteiger partial charge in [-0.05, 0) is 0 Å². The predicted molar refractivity (Wildman–Crippen MR) is 17.3 cm³/mol. The van der Waals surface area contributed by atoms with Crippen LogP contribution in [0.1, 0.15) is 0 Å². The van der Waals surface area contributed by atoms with Crippen molar-refractivity contribution >= 4 is 0 Å². The average molecular weight is 72.1 g/mol. The maximum Gasteiger partial charge on any atom is 0.0724 e. The zero-order chi connectivity index (χ0) is 3.54. The molecule has 0 aromatic carbocycles. The Labute approximate surface area is 30.0 Å². The molecule has 5 heavy (non-hydrogen) atoms. The fourth-order valence-electron chi connectivity index (χ4n) is 0.241. The summed E-state index contributed by atoms with van der Waals surface area (Å²) in [6.45, 7) is 0. The Balaban J connectivity index is 2.32. The molecular weight excluding hydrogens is 66.0 g/mol. The lowest BCUT2D eigenvalue weighted by Crippen LogP contribution is -2.96. The molecule has 1 rings (SSSR count). The molecule has 0 amide bonds. The van der Waals surface area contributed by atoms with Gasteiger partial charge in [0.1, 0.15) is 0 Å². The number of nitrogens with one attached hydrogen (secondary N) is 2. The first-order valence-electron chi connectivity index (χ1n) is 1.49. The van der Waals surface area contributed by atoms with Crippen LogP contribution in [0, 0.1) is 0 Å². The van der Waals surface area contributed by atoms with Gasteiger partial charge in [-0.2, -0.15) is 5.53 Å². The van der Waals surface area contributed by atoms with Crippen molar-refractivity contribution in [3.63, 3.8) is 0 Å². The van der Waals surface area contributed by atoms with Gasteiger partial charge in [0, 0.05) is 0 Å². The summed E-state index contributed by atoms with van der Waals surface area (Å²) in [7, 11) is 0. The maximum atomic E-state index is 2.81. The standard InChI is InChI=1S/C2H5N3/c1-2-4-5-3-1/h1-5H/p+1. The van der Waals surface area contributed by atoms with Gasteiger partial charge in [-0.25, -0.2) is 10.9 Å². The van der Waals surface area contributed by atoms with Gasteiger partial charge in [0.2, 0.25) is 0 Å². The van der Waals surface area contributed by atoms with Crippen LogP contribution in [-0.2, 0) is 0 Å². The normalized spacial score (nSPS) is 17.6. The van der Waals surface area contributed by atoms with Crippen LogP contribution in [0.2, 0.25) is 0 Å². The molecule has 0 saturated heterocycles. The van der Waals surface area contributed by atoms with Gasteiger partial charge in [-0.1, -0.05) is 0 Å². The van der Waals surface area contributed by atoms with Crippen molar-refractivity contribution in [2.24, 2.45) is 0 Å². The lowest BCUT2D eigenvalue weighted by atomic mass is 11.0. The zero-order valence-corrected chi connectivity index (χ0v) is 2.73. The number of nitrogens with two attached hydrogens (primary N) is 1.